The molecule has 1 saturated heterocycles. The van der Waals surface area contributed by atoms with E-state index in [1.165, 1.54) is 5.56 Å². The summed E-state index contributed by atoms with van der Waals surface area (Å²) in [5.74, 6) is 0.0779. The zero-order valence-corrected chi connectivity index (χ0v) is 13.9. The van der Waals surface area contributed by atoms with Crippen LogP contribution in [0, 0.1) is 0 Å². The highest BCUT2D eigenvalue weighted by atomic mass is 16.5. The Kier molecular flexibility index (Phi) is 5.98. The van der Waals surface area contributed by atoms with Gasteiger partial charge in [0.25, 0.3) is 0 Å². The predicted molar refractivity (Wildman–Crippen MR) is 88.7 cm³/mol. The van der Waals surface area contributed by atoms with Crippen LogP contribution in [0.1, 0.15) is 51.6 Å². The molecule has 0 aliphatic carbocycles. The van der Waals surface area contributed by atoms with Crippen molar-refractivity contribution in [1.82, 2.24) is 10.6 Å². The van der Waals surface area contributed by atoms with E-state index in [1.807, 2.05) is 18.2 Å². The minimum Gasteiger partial charge on any atom is -0.378 e. The van der Waals surface area contributed by atoms with Crippen molar-refractivity contribution >= 4 is 5.91 Å². The smallest absolute Gasteiger partial charge is 0.222 e. The first-order valence-corrected chi connectivity index (χ1v) is 8.17. The first-order valence-electron chi connectivity index (χ1n) is 8.17. The SMILES string of the molecule is C[C@H](NC(C)(C)CNC(=O)C[C@@H]1CCCO1)c1ccccc1. The summed E-state index contributed by atoms with van der Waals surface area (Å²) in [4.78, 5) is 12.0. The van der Waals surface area contributed by atoms with Crippen molar-refractivity contribution in [2.75, 3.05) is 13.2 Å². The molecule has 0 unspecified atom stereocenters. The topological polar surface area (TPSA) is 50.4 Å². The average molecular weight is 304 g/mol. The lowest BCUT2D eigenvalue weighted by Crippen LogP contribution is -2.50. The highest BCUT2D eigenvalue weighted by molar-refractivity contribution is 5.76. The minimum atomic E-state index is -0.165. The van der Waals surface area contributed by atoms with Gasteiger partial charge in [-0.1, -0.05) is 30.3 Å². The molecule has 1 aromatic carbocycles. The number of hydrogen-bond acceptors (Lipinski definition) is 3. The van der Waals surface area contributed by atoms with E-state index in [2.05, 4.69) is 43.5 Å². The van der Waals surface area contributed by atoms with Crippen molar-refractivity contribution in [3.8, 4) is 0 Å². The van der Waals surface area contributed by atoms with Crippen molar-refractivity contribution in [1.29, 1.82) is 0 Å². The van der Waals surface area contributed by atoms with Gasteiger partial charge in [0.2, 0.25) is 5.91 Å². The summed E-state index contributed by atoms with van der Waals surface area (Å²) in [7, 11) is 0. The predicted octanol–water partition coefficient (Wildman–Crippen LogP) is 2.80. The molecule has 0 spiro atoms. The Labute approximate surface area is 133 Å². The Morgan fingerprint density at radius 3 is 2.73 bits per heavy atom. The van der Waals surface area contributed by atoms with Gasteiger partial charge in [-0.25, -0.2) is 0 Å². The van der Waals surface area contributed by atoms with Crippen LogP contribution in [-0.4, -0.2) is 30.7 Å². The van der Waals surface area contributed by atoms with Crippen LogP contribution in [0.15, 0.2) is 30.3 Å². The summed E-state index contributed by atoms with van der Waals surface area (Å²) in [5.41, 5.74) is 1.09. The highest BCUT2D eigenvalue weighted by Gasteiger charge is 2.23. The van der Waals surface area contributed by atoms with Crippen LogP contribution in [0.2, 0.25) is 0 Å². The van der Waals surface area contributed by atoms with Crippen molar-refractivity contribution < 1.29 is 9.53 Å². The summed E-state index contributed by atoms with van der Waals surface area (Å²) in [6.45, 7) is 7.76. The molecule has 1 fully saturated rings. The summed E-state index contributed by atoms with van der Waals surface area (Å²) in [6.07, 6.45) is 2.66. The molecular formula is C18H28N2O2. The lowest BCUT2D eigenvalue weighted by atomic mass is 10.0. The van der Waals surface area contributed by atoms with Crippen LogP contribution in [0.5, 0.6) is 0 Å². The van der Waals surface area contributed by atoms with Gasteiger partial charge in [-0.05, 0) is 39.2 Å². The van der Waals surface area contributed by atoms with Gasteiger partial charge in [0, 0.05) is 24.7 Å². The summed E-state index contributed by atoms with van der Waals surface area (Å²) < 4.78 is 5.50. The van der Waals surface area contributed by atoms with Gasteiger partial charge in [-0.3, -0.25) is 4.79 Å². The molecular weight excluding hydrogens is 276 g/mol. The van der Waals surface area contributed by atoms with Crippen molar-refractivity contribution in [3.63, 3.8) is 0 Å². The third-order valence-electron chi connectivity index (χ3n) is 4.07. The van der Waals surface area contributed by atoms with Crippen LogP contribution < -0.4 is 10.6 Å². The normalized spacial score (nSPS) is 19.9. The van der Waals surface area contributed by atoms with E-state index in [0.717, 1.165) is 19.4 Å². The van der Waals surface area contributed by atoms with Crippen LogP contribution in [0.3, 0.4) is 0 Å². The molecule has 0 saturated carbocycles. The van der Waals surface area contributed by atoms with E-state index in [0.29, 0.717) is 13.0 Å². The molecule has 0 radical (unpaired) electrons. The third kappa shape index (κ3) is 5.43. The average Bonchev–Trinajstić information content (AvgIpc) is 2.99. The number of ether oxygens (including phenoxy) is 1. The molecule has 1 amide bonds. The maximum atomic E-state index is 12.0. The highest BCUT2D eigenvalue weighted by Crippen LogP contribution is 2.17. The molecule has 2 atom stereocenters. The third-order valence-corrected chi connectivity index (χ3v) is 4.07. The number of amides is 1. The number of carbonyl (C=O) groups excluding carboxylic acids is 1. The van der Waals surface area contributed by atoms with Gasteiger partial charge in [-0.2, -0.15) is 0 Å². The summed E-state index contributed by atoms with van der Waals surface area (Å²) >= 11 is 0. The van der Waals surface area contributed by atoms with Crippen LogP contribution in [0.4, 0.5) is 0 Å². The van der Waals surface area contributed by atoms with E-state index >= 15 is 0 Å². The fraction of sp³-hybridized carbons (Fsp3) is 0.611. The monoisotopic (exact) mass is 304 g/mol. The molecule has 122 valence electrons. The molecule has 2 N–H and O–H groups in total. The maximum Gasteiger partial charge on any atom is 0.222 e. The second-order valence-electron chi connectivity index (χ2n) is 6.78. The Balaban J connectivity index is 1.76. The lowest BCUT2D eigenvalue weighted by molar-refractivity contribution is -0.123. The van der Waals surface area contributed by atoms with Crippen molar-refractivity contribution in [3.05, 3.63) is 35.9 Å². The fourth-order valence-corrected chi connectivity index (χ4v) is 2.87. The van der Waals surface area contributed by atoms with Gasteiger partial charge >= 0.3 is 0 Å². The van der Waals surface area contributed by atoms with E-state index in [1.54, 1.807) is 0 Å². The summed E-state index contributed by atoms with van der Waals surface area (Å²) in [5, 5.41) is 6.60. The zero-order chi connectivity index (χ0) is 16.0. The Hall–Kier alpha value is -1.39. The lowest BCUT2D eigenvalue weighted by Gasteiger charge is -2.31. The van der Waals surface area contributed by atoms with Crippen LogP contribution >= 0.6 is 0 Å². The molecule has 1 aromatic rings. The molecule has 1 aliphatic rings. The van der Waals surface area contributed by atoms with E-state index in [9.17, 15) is 4.79 Å². The fourth-order valence-electron chi connectivity index (χ4n) is 2.87. The molecule has 1 aliphatic heterocycles. The standard InChI is InChI=1S/C18H28N2O2/c1-14(15-8-5-4-6-9-15)20-18(2,3)13-19-17(21)12-16-10-7-11-22-16/h4-6,8-9,14,16,20H,7,10-13H2,1-3H3,(H,19,21)/t14-,16-/m0/s1. The molecule has 1 heterocycles. The van der Waals surface area contributed by atoms with E-state index in [4.69, 9.17) is 4.74 Å². The first kappa shape index (κ1) is 17.0. The van der Waals surface area contributed by atoms with Gasteiger partial charge < -0.3 is 15.4 Å². The number of carbonyl (C=O) groups is 1. The molecule has 22 heavy (non-hydrogen) atoms. The molecule has 0 aromatic heterocycles. The number of rotatable bonds is 7. The van der Waals surface area contributed by atoms with Gasteiger partial charge in [-0.15, -0.1) is 0 Å². The molecule has 2 rings (SSSR count). The van der Waals surface area contributed by atoms with Crippen LogP contribution in [0.25, 0.3) is 0 Å². The quantitative estimate of drug-likeness (QED) is 0.814. The van der Waals surface area contributed by atoms with Crippen molar-refractivity contribution in [2.45, 2.75) is 57.7 Å². The van der Waals surface area contributed by atoms with Crippen LogP contribution in [-0.2, 0) is 9.53 Å². The van der Waals surface area contributed by atoms with Crippen molar-refractivity contribution in [2.24, 2.45) is 0 Å². The second-order valence-corrected chi connectivity index (χ2v) is 6.78. The Bertz CT molecular complexity index is 467. The van der Waals surface area contributed by atoms with Gasteiger partial charge in [0.15, 0.2) is 0 Å². The van der Waals surface area contributed by atoms with Gasteiger partial charge in [0.1, 0.15) is 0 Å². The second kappa shape index (κ2) is 7.75. The van der Waals surface area contributed by atoms with Gasteiger partial charge in [0.05, 0.1) is 12.5 Å². The largest absolute Gasteiger partial charge is 0.378 e. The number of benzene rings is 1. The number of hydrogen-bond donors (Lipinski definition) is 2. The minimum absolute atomic E-state index is 0.0779. The summed E-state index contributed by atoms with van der Waals surface area (Å²) in [6, 6.07) is 10.6. The zero-order valence-electron chi connectivity index (χ0n) is 13.9. The molecule has 4 nitrogen and oxygen atoms in total. The molecule has 0 bridgehead atoms. The Morgan fingerprint density at radius 1 is 1.36 bits per heavy atom. The molecule has 4 heteroatoms. The maximum absolute atomic E-state index is 12.0. The number of nitrogens with one attached hydrogen (secondary N) is 2. The van der Waals surface area contributed by atoms with E-state index < -0.39 is 0 Å². The first-order chi connectivity index (χ1) is 10.5. The van der Waals surface area contributed by atoms with E-state index in [-0.39, 0.29) is 23.6 Å². The Morgan fingerprint density at radius 2 is 2.09 bits per heavy atom.